The standard InChI is InChI=1S/C26H19BrF3N5O2/c1-13-15(7-4-8-20(13)26(28,29)30)22(31)32-23-19-11-14(27)9-10-16(19)21(33-34-23)12-35-24(36)17-5-2-3-6-18(17)25(35)37/h2-11,22H,12,31H2,1H3,(H,32,34)/t22-/m0/s1. The minimum atomic E-state index is -4.51. The van der Waals surface area contributed by atoms with Gasteiger partial charge in [-0.05, 0) is 48.4 Å². The highest BCUT2D eigenvalue weighted by molar-refractivity contribution is 9.10. The number of nitrogens with zero attached hydrogens (tertiary/aromatic N) is 3. The third kappa shape index (κ3) is 4.44. The van der Waals surface area contributed by atoms with Crippen molar-refractivity contribution in [1.82, 2.24) is 15.1 Å². The lowest BCUT2D eigenvalue weighted by atomic mass is 10.00. The molecule has 0 spiro atoms. The summed E-state index contributed by atoms with van der Waals surface area (Å²) in [5.74, 6) is -0.597. The molecule has 188 valence electrons. The molecular weight excluding hydrogens is 551 g/mol. The van der Waals surface area contributed by atoms with E-state index >= 15 is 0 Å². The molecule has 11 heteroatoms. The summed E-state index contributed by atoms with van der Waals surface area (Å²) >= 11 is 3.42. The fourth-order valence-electron chi connectivity index (χ4n) is 4.46. The summed E-state index contributed by atoms with van der Waals surface area (Å²) in [6, 6.07) is 15.7. The van der Waals surface area contributed by atoms with Crippen LogP contribution in [0.5, 0.6) is 0 Å². The van der Waals surface area contributed by atoms with Gasteiger partial charge in [-0.1, -0.05) is 46.3 Å². The highest BCUT2D eigenvalue weighted by Crippen LogP contribution is 2.35. The van der Waals surface area contributed by atoms with Crippen molar-refractivity contribution in [2.45, 2.75) is 25.8 Å². The van der Waals surface area contributed by atoms with Gasteiger partial charge in [0.1, 0.15) is 6.17 Å². The van der Waals surface area contributed by atoms with Crippen LogP contribution in [0.2, 0.25) is 0 Å². The molecule has 1 atom stereocenters. The highest BCUT2D eigenvalue weighted by atomic mass is 79.9. The van der Waals surface area contributed by atoms with Crippen LogP contribution < -0.4 is 11.1 Å². The molecule has 0 saturated heterocycles. The quantitative estimate of drug-likeness (QED) is 0.240. The van der Waals surface area contributed by atoms with E-state index < -0.39 is 29.7 Å². The average Bonchev–Trinajstić information content (AvgIpc) is 3.09. The molecule has 37 heavy (non-hydrogen) atoms. The number of hydrogen-bond donors (Lipinski definition) is 2. The molecule has 0 bridgehead atoms. The van der Waals surface area contributed by atoms with Gasteiger partial charge in [0.05, 0.1) is 28.9 Å². The van der Waals surface area contributed by atoms with Crippen LogP contribution in [0.1, 0.15) is 49.3 Å². The summed E-state index contributed by atoms with van der Waals surface area (Å²) in [4.78, 5) is 26.8. The minimum Gasteiger partial charge on any atom is -0.349 e. The van der Waals surface area contributed by atoms with Crippen LogP contribution in [0.3, 0.4) is 0 Å². The lowest BCUT2D eigenvalue weighted by Gasteiger charge is -2.21. The van der Waals surface area contributed by atoms with Crippen molar-refractivity contribution in [3.05, 3.63) is 98.6 Å². The summed E-state index contributed by atoms with van der Waals surface area (Å²) in [5.41, 5.74) is 6.81. The number of hydrogen-bond acceptors (Lipinski definition) is 6. The van der Waals surface area contributed by atoms with Gasteiger partial charge in [-0.15, -0.1) is 5.10 Å². The van der Waals surface area contributed by atoms with E-state index in [9.17, 15) is 22.8 Å². The Morgan fingerprint density at radius 2 is 1.65 bits per heavy atom. The second-order valence-electron chi connectivity index (χ2n) is 8.57. The number of alkyl halides is 3. The maximum atomic E-state index is 13.4. The first-order valence-corrected chi connectivity index (χ1v) is 11.9. The average molecular weight is 570 g/mol. The van der Waals surface area contributed by atoms with Crippen LogP contribution >= 0.6 is 15.9 Å². The number of halogens is 4. The number of carbonyl (C=O) groups is 2. The van der Waals surface area contributed by atoms with Crippen LogP contribution in [0.4, 0.5) is 19.0 Å². The van der Waals surface area contributed by atoms with Gasteiger partial charge in [-0.25, -0.2) is 0 Å². The van der Waals surface area contributed by atoms with Gasteiger partial charge < -0.3 is 11.1 Å². The van der Waals surface area contributed by atoms with Gasteiger partial charge >= 0.3 is 6.18 Å². The zero-order valence-corrected chi connectivity index (χ0v) is 20.9. The van der Waals surface area contributed by atoms with E-state index in [4.69, 9.17) is 5.73 Å². The summed E-state index contributed by atoms with van der Waals surface area (Å²) in [6.07, 6.45) is -5.52. The first-order chi connectivity index (χ1) is 17.6. The first-order valence-electron chi connectivity index (χ1n) is 11.1. The Balaban J connectivity index is 1.49. The number of fused-ring (bicyclic) bond motifs is 2. The lowest BCUT2D eigenvalue weighted by molar-refractivity contribution is -0.138. The van der Waals surface area contributed by atoms with E-state index in [1.807, 2.05) is 0 Å². The number of benzene rings is 3. The SMILES string of the molecule is Cc1c([C@@H](N)Nc2nnc(CN3C(=O)c4ccccc4C3=O)c3ccc(Br)cc23)cccc1C(F)(F)F. The lowest BCUT2D eigenvalue weighted by Crippen LogP contribution is -2.30. The van der Waals surface area contributed by atoms with E-state index in [2.05, 4.69) is 31.4 Å². The van der Waals surface area contributed by atoms with Crippen LogP contribution in [0.25, 0.3) is 10.8 Å². The Morgan fingerprint density at radius 1 is 0.973 bits per heavy atom. The molecule has 3 N–H and O–H groups in total. The minimum absolute atomic E-state index is 0.00990. The molecule has 0 fully saturated rings. The van der Waals surface area contributed by atoms with Crippen LogP contribution in [-0.4, -0.2) is 26.9 Å². The van der Waals surface area contributed by atoms with Crippen molar-refractivity contribution in [3.8, 4) is 0 Å². The maximum absolute atomic E-state index is 13.4. The molecule has 1 aromatic heterocycles. The largest absolute Gasteiger partial charge is 0.416 e. The summed E-state index contributed by atoms with van der Waals surface area (Å²) in [6.45, 7) is 1.27. The number of amides is 2. The molecule has 2 heterocycles. The molecule has 0 radical (unpaired) electrons. The van der Waals surface area contributed by atoms with E-state index in [0.29, 0.717) is 32.1 Å². The van der Waals surface area contributed by atoms with Crippen molar-refractivity contribution >= 4 is 44.3 Å². The van der Waals surface area contributed by atoms with Gasteiger partial charge in [0.2, 0.25) is 0 Å². The first kappa shape index (κ1) is 24.8. The maximum Gasteiger partial charge on any atom is 0.416 e. The Morgan fingerprint density at radius 3 is 2.30 bits per heavy atom. The number of anilines is 1. The number of rotatable bonds is 5. The molecule has 7 nitrogen and oxygen atoms in total. The summed E-state index contributed by atoms with van der Waals surface area (Å²) in [7, 11) is 0. The number of carbonyl (C=O) groups excluding carboxylic acids is 2. The fraction of sp³-hybridized carbons (Fsp3) is 0.154. The van der Waals surface area contributed by atoms with Gasteiger partial charge in [-0.2, -0.15) is 18.3 Å². The second kappa shape index (κ2) is 9.24. The van der Waals surface area contributed by atoms with Crippen molar-refractivity contribution in [3.63, 3.8) is 0 Å². The third-order valence-corrected chi connectivity index (χ3v) is 6.81. The topological polar surface area (TPSA) is 101 Å². The molecule has 1 aliphatic heterocycles. The molecular formula is C26H19BrF3N5O2. The van der Waals surface area contributed by atoms with Gasteiger partial charge in [0.25, 0.3) is 11.8 Å². The molecule has 0 aliphatic carbocycles. The number of nitrogens with one attached hydrogen (secondary N) is 1. The fourth-order valence-corrected chi connectivity index (χ4v) is 4.82. The Labute approximate surface area is 217 Å². The molecule has 1 aliphatic rings. The Bertz CT molecular complexity index is 1540. The molecule has 5 rings (SSSR count). The van der Waals surface area contributed by atoms with E-state index in [1.165, 1.54) is 19.1 Å². The number of imide groups is 1. The predicted octanol–water partition coefficient (Wildman–Crippen LogP) is 5.59. The summed E-state index contributed by atoms with van der Waals surface area (Å²) in [5, 5.41) is 12.6. The summed E-state index contributed by atoms with van der Waals surface area (Å²) < 4.78 is 40.9. The smallest absolute Gasteiger partial charge is 0.349 e. The Kier molecular flexibility index (Phi) is 6.20. The predicted molar refractivity (Wildman–Crippen MR) is 135 cm³/mol. The van der Waals surface area contributed by atoms with Crippen molar-refractivity contribution in [2.75, 3.05) is 5.32 Å². The van der Waals surface area contributed by atoms with Crippen LogP contribution in [-0.2, 0) is 12.7 Å². The van der Waals surface area contributed by atoms with E-state index in [-0.39, 0.29) is 23.5 Å². The van der Waals surface area contributed by atoms with Crippen molar-refractivity contribution in [1.29, 1.82) is 0 Å². The molecule has 3 aromatic carbocycles. The normalized spacial score (nSPS) is 14.3. The highest BCUT2D eigenvalue weighted by Gasteiger charge is 2.36. The van der Waals surface area contributed by atoms with Gasteiger partial charge in [0.15, 0.2) is 5.82 Å². The van der Waals surface area contributed by atoms with Gasteiger partial charge in [0, 0.05) is 15.2 Å². The molecule has 2 amide bonds. The zero-order valence-electron chi connectivity index (χ0n) is 19.3. The molecule has 4 aromatic rings. The van der Waals surface area contributed by atoms with Crippen molar-refractivity contribution < 1.29 is 22.8 Å². The third-order valence-electron chi connectivity index (χ3n) is 6.31. The second-order valence-corrected chi connectivity index (χ2v) is 9.48. The monoisotopic (exact) mass is 569 g/mol. The number of aromatic nitrogens is 2. The van der Waals surface area contributed by atoms with E-state index in [0.717, 1.165) is 11.0 Å². The number of nitrogens with two attached hydrogens (primary N) is 1. The van der Waals surface area contributed by atoms with Crippen LogP contribution in [0, 0.1) is 6.92 Å². The van der Waals surface area contributed by atoms with Crippen molar-refractivity contribution in [2.24, 2.45) is 5.73 Å². The zero-order chi connectivity index (χ0) is 26.5. The van der Waals surface area contributed by atoms with Gasteiger partial charge in [-0.3, -0.25) is 14.5 Å². The van der Waals surface area contributed by atoms with E-state index in [1.54, 1.807) is 42.5 Å². The molecule has 0 saturated carbocycles. The Hall–Kier alpha value is -3.83. The van der Waals surface area contributed by atoms with Crippen LogP contribution in [0.15, 0.2) is 65.1 Å². The molecule has 0 unspecified atom stereocenters.